The standard InChI is InChI=1S/C15H16N2O5S/c1-3-21-14(19)11(12(18)15(20)22-4-2)9-17-13(23)10-5-7-16-8-6-10/h5-9,18H,3-4H2,1-2H3/b12-11+,17-9?. The molecule has 0 saturated heterocycles. The quantitative estimate of drug-likeness (QED) is 0.278. The van der Waals surface area contributed by atoms with E-state index in [4.69, 9.17) is 17.0 Å². The average Bonchev–Trinajstić information content (AvgIpc) is 2.56. The van der Waals surface area contributed by atoms with E-state index in [0.29, 0.717) is 5.56 Å². The maximum absolute atomic E-state index is 11.9. The summed E-state index contributed by atoms with van der Waals surface area (Å²) in [4.78, 5) is 31.3. The van der Waals surface area contributed by atoms with Crippen LogP contribution in [0.1, 0.15) is 19.4 Å². The number of aromatic nitrogens is 1. The molecule has 122 valence electrons. The highest BCUT2D eigenvalue weighted by atomic mass is 32.1. The van der Waals surface area contributed by atoms with Gasteiger partial charge in [-0.15, -0.1) is 0 Å². The largest absolute Gasteiger partial charge is 0.501 e. The molecule has 0 radical (unpaired) electrons. The molecule has 1 N–H and O–H groups in total. The molecule has 0 atom stereocenters. The SMILES string of the molecule is CCOC(=O)/C(O)=C(/C=NC(=S)c1ccncc1)C(=O)OCC. The number of ether oxygens (including phenoxy) is 2. The van der Waals surface area contributed by atoms with Crippen LogP contribution < -0.4 is 0 Å². The van der Waals surface area contributed by atoms with E-state index >= 15 is 0 Å². The van der Waals surface area contributed by atoms with Gasteiger partial charge >= 0.3 is 11.9 Å². The molecule has 1 aromatic rings. The first kappa shape index (κ1) is 18.4. The van der Waals surface area contributed by atoms with E-state index in [0.717, 1.165) is 6.21 Å². The monoisotopic (exact) mass is 336 g/mol. The normalized spacial score (nSPS) is 11.7. The second kappa shape index (κ2) is 9.42. The van der Waals surface area contributed by atoms with Crippen molar-refractivity contribution < 1.29 is 24.2 Å². The smallest absolute Gasteiger partial charge is 0.374 e. The molecule has 23 heavy (non-hydrogen) atoms. The Morgan fingerprint density at radius 1 is 1.22 bits per heavy atom. The van der Waals surface area contributed by atoms with Gasteiger partial charge in [0.25, 0.3) is 0 Å². The molecule has 0 aliphatic rings. The summed E-state index contributed by atoms with van der Waals surface area (Å²) >= 11 is 5.10. The number of hydrogen-bond acceptors (Lipinski definition) is 7. The summed E-state index contributed by atoms with van der Waals surface area (Å²) in [5.41, 5.74) is 0.173. The zero-order chi connectivity index (χ0) is 17.2. The topological polar surface area (TPSA) is 98.1 Å². The lowest BCUT2D eigenvalue weighted by atomic mass is 10.2. The third-order valence-electron chi connectivity index (χ3n) is 2.46. The molecule has 0 aromatic carbocycles. The van der Waals surface area contributed by atoms with Gasteiger partial charge in [0.05, 0.1) is 13.2 Å². The molecular formula is C15H16N2O5S. The van der Waals surface area contributed by atoms with Gasteiger partial charge in [0.15, 0.2) is 0 Å². The maximum atomic E-state index is 11.9. The summed E-state index contributed by atoms with van der Waals surface area (Å²) in [7, 11) is 0. The van der Waals surface area contributed by atoms with Crippen LogP contribution in [0.3, 0.4) is 0 Å². The van der Waals surface area contributed by atoms with Gasteiger partial charge in [-0.2, -0.15) is 0 Å². The minimum atomic E-state index is -1.04. The molecule has 0 amide bonds. The highest BCUT2D eigenvalue weighted by molar-refractivity contribution is 7.80. The molecule has 8 heteroatoms. The first-order chi connectivity index (χ1) is 11.0. The fourth-order valence-electron chi connectivity index (χ4n) is 1.42. The predicted molar refractivity (Wildman–Crippen MR) is 87.3 cm³/mol. The van der Waals surface area contributed by atoms with E-state index in [-0.39, 0.29) is 18.2 Å². The molecule has 1 heterocycles. The van der Waals surface area contributed by atoms with E-state index < -0.39 is 23.3 Å². The van der Waals surface area contributed by atoms with E-state index in [1.165, 1.54) is 12.4 Å². The van der Waals surface area contributed by atoms with Gasteiger partial charge in [-0.1, -0.05) is 12.2 Å². The lowest BCUT2D eigenvalue weighted by molar-refractivity contribution is -0.143. The first-order valence-corrected chi connectivity index (χ1v) is 7.17. The van der Waals surface area contributed by atoms with Crippen molar-refractivity contribution in [3.8, 4) is 0 Å². The van der Waals surface area contributed by atoms with Crippen LogP contribution >= 0.6 is 12.2 Å². The highest BCUT2D eigenvalue weighted by Gasteiger charge is 2.21. The molecule has 7 nitrogen and oxygen atoms in total. The Kier molecular flexibility index (Phi) is 7.55. The van der Waals surface area contributed by atoms with Crippen LogP contribution in [0.4, 0.5) is 0 Å². The Bertz CT molecular complexity index is 641. The second-order valence-corrected chi connectivity index (χ2v) is 4.39. The second-order valence-electron chi connectivity index (χ2n) is 4.00. The first-order valence-electron chi connectivity index (χ1n) is 6.77. The molecule has 0 bridgehead atoms. The van der Waals surface area contributed by atoms with E-state index in [1.54, 1.807) is 26.0 Å². The zero-order valence-corrected chi connectivity index (χ0v) is 13.5. The van der Waals surface area contributed by atoms with E-state index in [9.17, 15) is 14.7 Å². The van der Waals surface area contributed by atoms with Gasteiger partial charge in [-0.3, -0.25) is 4.98 Å². The van der Waals surface area contributed by atoms with Crippen molar-refractivity contribution in [3.63, 3.8) is 0 Å². The van der Waals surface area contributed by atoms with Gasteiger partial charge < -0.3 is 14.6 Å². The van der Waals surface area contributed by atoms with Crippen LogP contribution in [0.25, 0.3) is 0 Å². The number of pyridine rings is 1. The van der Waals surface area contributed by atoms with Crippen molar-refractivity contribution in [2.75, 3.05) is 13.2 Å². The lowest BCUT2D eigenvalue weighted by Gasteiger charge is -2.06. The number of esters is 2. The van der Waals surface area contributed by atoms with Gasteiger partial charge in [-0.25, -0.2) is 14.6 Å². The molecule has 1 aromatic heterocycles. The summed E-state index contributed by atoms with van der Waals surface area (Å²) < 4.78 is 9.43. The fourth-order valence-corrected chi connectivity index (χ4v) is 1.61. The maximum Gasteiger partial charge on any atom is 0.374 e. The van der Waals surface area contributed by atoms with Crippen LogP contribution in [-0.2, 0) is 19.1 Å². The van der Waals surface area contributed by atoms with Gasteiger partial charge in [0.1, 0.15) is 10.6 Å². The molecule has 0 aliphatic carbocycles. The number of rotatable bonds is 6. The fraction of sp³-hybridized carbons (Fsp3) is 0.267. The number of carbonyl (C=O) groups is 2. The van der Waals surface area contributed by atoms with Crippen molar-refractivity contribution in [1.29, 1.82) is 0 Å². The molecule has 0 fully saturated rings. The molecule has 0 saturated carbocycles. The third kappa shape index (κ3) is 5.59. The van der Waals surface area contributed by atoms with Crippen LogP contribution in [0.15, 0.2) is 40.9 Å². The van der Waals surface area contributed by atoms with Crippen molar-refractivity contribution >= 4 is 35.4 Å². The molecule has 0 aliphatic heterocycles. The molecular weight excluding hydrogens is 320 g/mol. The third-order valence-corrected chi connectivity index (χ3v) is 2.80. The molecule has 0 unspecified atom stereocenters. The van der Waals surface area contributed by atoms with Crippen LogP contribution in [0.2, 0.25) is 0 Å². The van der Waals surface area contributed by atoms with Gasteiger partial charge in [-0.05, 0) is 26.0 Å². The van der Waals surface area contributed by atoms with Crippen molar-refractivity contribution in [2.24, 2.45) is 4.99 Å². The van der Waals surface area contributed by atoms with E-state index in [1.807, 2.05) is 0 Å². The summed E-state index contributed by atoms with van der Waals surface area (Å²) in [5.74, 6) is -2.83. The Hall–Kier alpha value is -2.61. The van der Waals surface area contributed by atoms with Gasteiger partial charge in [0.2, 0.25) is 5.76 Å². The highest BCUT2D eigenvalue weighted by Crippen LogP contribution is 2.07. The Balaban J connectivity index is 3.08. The number of aliphatic imine (C=N–C) groups is 1. The summed E-state index contributed by atoms with van der Waals surface area (Å²) in [6, 6.07) is 3.28. The Morgan fingerprint density at radius 2 is 1.78 bits per heavy atom. The Morgan fingerprint density at radius 3 is 2.35 bits per heavy atom. The number of thiocarbonyl (C=S) groups is 1. The number of nitrogens with zero attached hydrogens (tertiary/aromatic N) is 2. The van der Waals surface area contributed by atoms with Crippen LogP contribution in [0.5, 0.6) is 0 Å². The molecule has 0 spiro atoms. The Labute approximate surface area is 138 Å². The zero-order valence-electron chi connectivity index (χ0n) is 12.7. The van der Waals surface area contributed by atoms with Crippen molar-refractivity contribution in [2.45, 2.75) is 13.8 Å². The number of aliphatic hydroxyl groups excluding tert-OH is 1. The summed E-state index contributed by atoms with van der Waals surface area (Å²) in [6.45, 7) is 3.28. The number of carbonyl (C=O) groups excluding carboxylic acids is 2. The summed E-state index contributed by atoms with van der Waals surface area (Å²) in [5, 5.41) is 9.85. The lowest BCUT2D eigenvalue weighted by Crippen LogP contribution is -2.18. The van der Waals surface area contributed by atoms with Crippen LogP contribution in [0, 0.1) is 0 Å². The van der Waals surface area contributed by atoms with Crippen molar-refractivity contribution in [1.82, 2.24) is 4.98 Å². The minimum Gasteiger partial charge on any atom is -0.501 e. The number of hydrogen-bond donors (Lipinski definition) is 1. The van der Waals surface area contributed by atoms with E-state index in [2.05, 4.69) is 14.7 Å². The predicted octanol–water partition coefficient (Wildman–Crippen LogP) is 1.77. The average molecular weight is 336 g/mol. The minimum absolute atomic E-state index is 0.0472. The summed E-state index contributed by atoms with van der Waals surface area (Å²) in [6.07, 6.45) is 4.05. The number of aliphatic hydroxyl groups is 1. The van der Waals surface area contributed by atoms with Crippen LogP contribution in [-0.4, -0.2) is 46.4 Å². The molecule has 1 rings (SSSR count). The van der Waals surface area contributed by atoms with Crippen molar-refractivity contribution in [3.05, 3.63) is 41.4 Å². The van der Waals surface area contributed by atoms with Gasteiger partial charge in [0, 0.05) is 24.2 Å².